The second-order valence-corrected chi connectivity index (χ2v) is 40.5. The zero-order valence-electron chi connectivity index (χ0n) is 75.8. The molecule has 6 heterocycles. The fourth-order valence-electron chi connectivity index (χ4n) is 20.3. The Hall–Kier alpha value is -3.33. The van der Waals surface area contributed by atoms with Gasteiger partial charge in [-0.15, -0.1) is 0 Å². The Morgan fingerprint density at radius 1 is 0.407 bits per heavy atom. The first kappa shape index (κ1) is 93.5. The number of guanidine groups is 2. The molecule has 5 aliphatic rings. The van der Waals surface area contributed by atoms with Crippen LogP contribution in [-0.4, -0.2) is 253 Å². The molecule has 5 fully saturated rings. The van der Waals surface area contributed by atoms with Crippen molar-refractivity contribution in [1.82, 2.24) is 60.3 Å². The third-order valence-electron chi connectivity index (χ3n) is 23.7. The first-order valence-electron chi connectivity index (χ1n) is 43.0. The number of unbranched alkanes of at least 4 members (excludes halogenated alkanes) is 6. The van der Waals surface area contributed by atoms with Gasteiger partial charge in [-0.05, 0) is 281 Å². The van der Waals surface area contributed by atoms with Gasteiger partial charge in [-0.25, -0.2) is 4.99 Å². The second-order valence-electron chi connectivity index (χ2n) is 40.5. The van der Waals surface area contributed by atoms with Crippen LogP contribution in [0, 0.1) is 0 Å². The molecule has 0 aliphatic carbocycles. The van der Waals surface area contributed by atoms with E-state index in [9.17, 15) is 0 Å². The maximum atomic E-state index is 7.73. The zero-order chi connectivity index (χ0) is 81.0. The van der Waals surface area contributed by atoms with Crippen LogP contribution in [0.4, 0.5) is 17.8 Å². The number of nitrogens with zero attached hydrogens (tertiary/aromatic N) is 16. The van der Waals surface area contributed by atoms with Crippen molar-refractivity contribution in [3.63, 3.8) is 0 Å². The predicted octanol–water partition coefficient (Wildman–Crippen LogP) is 16.3. The number of aliphatic imine (C=N–C) groups is 2. The van der Waals surface area contributed by atoms with E-state index in [0.29, 0.717) is 50.3 Å². The minimum Gasteiger partial charge on any atom is -0.369 e. The summed E-state index contributed by atoms with van der Waals surface area (Å²) >= 11 is 0. The van der Waals surface area contributed by atoms with Gasteiger partial charge in [0, 0.05) is 140 Å². The number of piperidine rings is 5. The summed E-state index contributed by atoms with van der Waals surface area (Å²) in [6, 6.07) is 0.942. The van der Waals surface area contributed by atoms with Crippen LogP contribution in [0.1, 0.15) is 335 Å². The summed E-state index contributed by atoms with van der Waals surface area (Å²) < 4.78 is 0. The lowest BCUT2D eigenvalue weighted by Gasteiger charge is -2.57. The summed E-state index contributed by atoms with van der Waals surface area (Å²) in [5, 5.41) is 15.6. The first-order chi connectivity index (χ1) is 50.0. The van der Waals surface area contributed by atoms with Crippen molar-refractivity contribution in [2.24, 2.45) is 15.7 Å². The average Bonchev–Trinajstić information content (AvgIpc) is 0.760. The summed E-state index contributed by atoms with van der Waals surface area (Å²) in [4.78, 5) is 74.9. The van der Waals surface area contributed by atoms with Crippen LogP contribution < -0.4 is 25.8 Å². The standard InChI is InChI=1S/C85H168N18O5/c1-33-50-104-99-75(6,7)55-65(56-76(99,8)9)87-46-42-38-39-43-48-97(68-61-81(18,19)102(107-53-36-4)82(20,21)62-68)74(88-70(86)95(32)66-57-77(10,11)100(105-51-34-2)78(12,13)58-66)92-85(26,27)98(69-63-83(22,23)103(108-54-37-5)84(24,25)64-69)49-45-41-40-44-47-96(73-90-71(93(28)29)89-72(91-73)94(30)31)67-59-79(14,15)101(106-52-35-3)80(16,17)60-67/h65-69,87H,33-64H2,1-32H3,(H2,86,88,92). The minimum absolute atomic E-state index is 0.0683. The van der Waals surface area contributed by atoms with Gasteiger partial charge in [-0.2, -0.15) is 45.3 Å². The monoisotopic (exact) mass is 1520 g/mol. The highest BCUT2D eigenvalue weighted by Crippen LogP contribution is 2.47. The smallest absolute Gasteiger partial charge is 0.232 e. The molecule has 1 aromatic heterocycles. The normalized spacial score (nSPS) is 23.3. The second kappa shape index (κ2) is 38.4. The van der Waals surface area contributed by atoms with Crippen molar-refractivity contribution in [2.75, 3.05) is 109 Å². The highest BCUT2D eigenvalue weighted by Gasteiger charge is 2.54. The average molecular weight is 1520 g/mol. The quantitative estimate of drug-likeness (QED) is 0.0360. The molecule has 0 spiro atoms. The molecular formula is C85H168N18O5. The van der Waals surface area contributed by atoms with Gasteiger partial charge in [0.1, 0.15) is 5.66 Å². The number of nitrogens with two attached hydrogens (primary N) is 1. The Morgan fingerprint density at radius 3 is 1.07 bits per heavy atom. The molecule has 0 aromatic carbocycles. The molecule has 5 aliphatic heterocycles. The van der Waals surface area contributed by atoms with E-state index >= 15 is 0 Å². The number of rotatable bonds is 39. The molecule has 628 valence electrons. The van der Waals surface area contributed by atoms with Crippen LogP contribution in [0.5, 0.6) is 0 Å². The van der Waals surface area contributed by atoms with Gasteiger partial charge in [0.25, 0.3) is 0 Å². The van der Waals surface area contributed by atoms with E-state index < -0.39 is 5.66 Å². The van der Waals surface area contributed by atoms with Crippen molar-refractivity contribution in [1.29, 1.82) is 0 Å². The maximum absolute atomic E-state index is 7.73. The van der Waals surface area contributed by atoms with Crippen molar-refractivity contribution in [3.05, 3.63) is 0 Å². The predicted molar refractivity (Wildman–Crippen MR) is 451 cm³/mol. The van der Waals surface area contributed by atoms with Gasteiger partial charge in [0.2, 0.25) is 23.8 Å². The third kappa shape index (κ3) is 24.4. The van der Waals surface area contributed by atoms with Crippen LogP contribution in [0.3, 0.4) is 0 Å². The van der Waals surface area contributed by atoms with Crippen LogP contribution in [0.25, 0.3) is 0 Å². The topological polar surface area (TPSA) is 183 Å². The van der Waals surface area contributed by atoms with E-state index in [4.69, 9.17) is 54.9 Å². The SMILES string of the molecule is CCCON1C(C)(C)CC(NCCCCCCN(C(/N=C(\N)N(C)C2CC(C)(C)N(OCCC)C(C)(C)C2)=N\C(C)(C)N(CCCCCCN(c2nc(N(C)C)nc(N(C)C)n2)C2CC(C)(C)N(OCCC)C(C)(C)C2)C2CC(C)(C)N(OCCC)C(C)(C)C2)C2CC(C)(C)N(OCCC)C(C)(C)C2)CC1(C)C. The molecular weight excluding hydrogens is 1350 g/mol. The number of hydroxylamine groups is 10. The molecule has 23 nitrogen and oxygen atoms in total. The van der Waals surface area contributed by atoms with E-state index in [2.05, 4.69) is 244 Å². The van der Waals surface area contributed by atoms with Crippen molar-refractivity contribution in [2.45, 2.75) is 426 Å². The number of anilines is 3. The Labute approximate surface area is 661 Å². The van der Waals surface area contributed by atoms with Crippen molar-refractivity contribution < 1.29 is 24.2 Å². The Kier molecular flexibility index (Phi) is 33.3. The third-order valence-corrected chi connectivity index (χ3v) is 23.7. The zero-order valence-corrected chi connectivity index (χ0v) is 75.8. The van der Waals surface area contributed by atoms with Gasteiger partial charge in [0.05, 0.1) is 33.0 Å². The van der Waals surface area contributed by atoms with Crippen LogP contribution in [0.2, 0.25) is 0 Å². The fourth-order valence-corrected chi connectivity index (χ4v) is 20.3. The molecule has 1 aromatic rings. The number of hydrogen-bond acceptors (Lipinski definition) is 19. The molecule has 3 N–H and O–H groups in total. The molecule has 0 atom stereocenters. The lowest BCUT2D eigenvalue weighted by atomic mass is 9.77. The highest BCUT2D eigenvalue weighted by molar-refractivity contribution is 5.94. The summed E-state index contributed by atoms with van der Waals surface area (Å²) in [6.45, 7) is 69.8. The molecule has 0 bridgehead atoms. The van der Waals surface area contributed by atoms with E-state index in [1.165, 1.54) is 0 Å². The molecule has 0 amide bonds. The Bertz CT molecular complexity index is 2830. The molecule has 23 heteroatoms. The van der Waals surface area contributed by atoms with Crippen LogP contribution in [0.15, 0.2) is 9.98 Å². The molecule has 5 saturated heterocycles. The van der Waals surface area contributed by atoms with E-state index in [1.807, 2.05) is 38.0 Å². The largest absolute Gasteiger partial charge is 0.369 e. The van der Waals surface area contributed by atoms with Crippen molar-refractivity contribution in [3.8, 4) is 0 Å². The first-order valence-corrected chi connectivity index (χ1v) is 43.0. The molecule has 0 saturated carbocycles. The van der Waals surface area contributed by atoms with E-state index in [1.54, 1.807) is 0 Å². The Morgan fingerprint density at radius 2 is 0.713 bits per heavy atom. The molecule has 0 radical (unpaired) electrons. The lowest BCUT2D eigenvalue weighted by Crippen LogP contribution is -2.66. The van der Waals surface area contributed by atoms with Crippen LogP contribution in [-0.2, 0) is 24.2 Å². The molecule has 108 heavy (non-hydrogen) atoms. The molecule has 6 rings (SSSR count). The fraction of sp³-hybridized carbons (Fsp3) is 0.941. The minimum atomic E-state index is -0.743. The van der Waals surface area contributed by atoms with Gasteiger partial charge in [0.15, 0.2) is 5.96 Å². The van der Waals surface area contributed by atoms with Crippen molar-refractivity contribution >= 4 is 29.8 Å². The maximum Gasteiger partial charge on any atom is 0.232 e. The summed E-state index contributed by atoms with van der Waals surface area (Å²) in [7, 11) is 10.2. The van der Waals surface area contributed by atoms with Gasteiger partial charge in [-0.3, -0.25) is 29.1 Å². The lowest BCUT2D eigenvalue weighted by molar-refractivity contribution is -0.290. The number of hydrogen-bond donors (Lipinski definition) is 2. The number of aromatic nitrogens is 3. The van der Waals surface area contributed by atoms with E-state index in [-0.39, 0.29) is 79.6 Å². The number of nitrogens with one attached hydrogen (secondary N) is 1. The molecule has 0 unspecified atom stereocenters. The van der Waals surface area contributed by atoms with E-state index in [0.717, 1.165) is 192 Å². The summed E-state index contributed by atoms with van der Waals surface area (Å²) in [5.74, 6) is 3.28. The summed E-state index contributed by atoms with van der Waals surface area (Å²) in [5.41, 5.74) is 4.72. The summed E-state index contributed by atoms with van der Waals surface area (Å²) in [6.07, 6.45) is 22.4. The highest BCUT2D eigenvalue weighted by atomic mass is 16.7. The van der Waals surface area contributed by atoms with Gasteiger partial charge < -0.3 is 35.6 Å². The Balaban J connectivity index is 1.43. The van der Waals surface area contributed by atoms with Gasteiger partial charge in [-0.1, -0.05) is 60.3 Å². The van der Waals surface area contributed by atoms with Gasteiger partial charge >= 0.3 is 0 Å². The van der Waals surface area contributed by atoms with Crippen LogP contribution >= 0.6 is 0 Å².